The molecule has 2 heterocycles. The highest BCUT2D eigenvalue weighted by Gasteiger charge is 2.44. The van der Waals surface area contributed by atoms with Gasteiger partial charge in [0.25, 0.3) is 0 Å². The first-order valence-electron chi connectivity index (χ1n) is 16.3. The van der Waals surface area contributed by atoms with Crippen molar-refractivity contribution in [3.8, 4) is 0 Å². The smallest absolute Gasteiger partial charge is 0.337 e. The summed E-state index contributed by atoms with van der Waals surface area (Å²) in [5.74, 6) is -0.422. The van der Waals surface area contributed by atoms with Crippen LogP contribution in [0.3, 0.4) is 0 Å². The van der Waals surface area contributed by atoms with E-state index in [1.807, 2.05) is 10.9 Å². The highest BCUT2D eigenvalue weighted by Crippen LogP contribution is 2.44. The Morgan fingerprint density at radius 1 is 0.927 bits per heavy atom. The quantitative estimate of drug-likeness (QED) is 0.0754. The van der Waals surface area contributed by atoms with Gasteiger partial charge in [0.05, 0.1) is 44.2 Å². The Morgan fingerprint density at radius 3 is 2.12 bits per heavy atom. The number of allylic oxidation sites excluding steroid dienone is 1. The number of nitrogens with zero attached hydrogens (tertiary/aromatic N) is 3. The highest BCUT2D eigenvalue weighted by molar-refractivity contribution is 5.89. The lowest BCUT2D eigenvalue weighted by molar-refractivity contribution is -0.146. The largest absolute Gasteiger partial charge is 0.471 e. The number of aromatic nitrogens is 3. The van der Waals surface area contributed by atoms with Crippen LogP contribution in [0, 0.1) is 11.8 Å². The molecule has 8 nitrogen and oxygen atoms in total. The molecule has 1 aliphatic heterocycles. The van der Waals surface area contributed by atoms with Crippen LogP contribution in [0.15, 0.2) is 29.7 Å². The van der Waals surface area contributed by atoms with Crippen molar-refractivity contribution in [3.05, 3.63) is 35.4 Å². The van der Waals surface area contributed by atoms with Crippen molar-refractivity contribution in [1.82, 2.24) is 15.0 Å². The molecule has 0 aromatic carbocycles. The van der Waals surface area contributed by atoms with Crippen LogP contribution in [-0.4, -0.2) is 48.1 Å². The van der Waals surface area contributed by atoms with Gasteiger partial charge in [-0.05, 0) is 18.4 Å². The average Bonchev–Trinajstić information content (AvgIpc) is 3.63. The maximum Gasteiger partial charge on any atom is 0.337 e. The normalized spacial score (nSPS) is 19.9. The summed E-state index contributed by atoms with van der Waals surface area (Å²) in [5, 5.41) is 8.58. The number of unbranched alkanes of at least 4 members (excludes halogenated alkanes) is 15. The molecule has 0 amide bonds. The van der Waals surface area contributed by atoms with E-state index in [9.17, 15) is 4.79 Å². The van der Waals surface area contributed by atoms with Crippen LogP contribution < -0.4 is 0 Å². The van der Waals surface area contributed by atoms with Gasteiger partial charge in [0, 0.05) is 19.6 Å². The molecule has 41 heavy (non-hydrogen) atoms. The monoisotopic (exact) mass is 573 g/mol. The van der Waals surface area contributed by atoms with Crippen molar-refractivity contribution in [1.29, 1.82) is 0 Å². The summed E-state index contributed by atoms with van der Waals surface area (Å²) in [7, 11) is 3.02. The molecule has 0 fully saturated rings. The number of esters is 1. The summed E-state index contributed by atoms with van der Waals surface area (Å²) >= 11 is 0. The van der Waals surface area contributed by atoms with Gasteiger partial charge in [-0.3, -0.25) is 0 Å². The maximum atomic E-state index is 12.2. The van der Waals surface area contributed by atoms with Crippen LogP contribution >= 0.6 is 0 Å². The molecule has 232 valence electrons. The fourth-order valence-electron chi connectivity index (χ4n) is 6.10. The Balaban J connectivity index is 1.19. The molecule has 1 aromatic rings. The Hall–Kier alpha value is -2.19. The van der Waals surface area contributed by atoms with Crippen LogP contribution in [-0.2, 0) is 36.9 Å². The molecule has 0 unspecified atom stereocenters. The van der Waals surface area contributed by atoms with E-state index in [1.165, 1.54) is 110 Å². The second kappa shape index (κ2) is 19.8. The lowest BCUT2D eigenvalue weighted by Gasteiger charge is -2.34. The van der Waals surface area contributed by atoms with Crippen molar-refractivity contribution in [2.45, 2.75) is 136 Å². The highest BCUT2D eigenvalue weighted by atomic mass is 16.7. The molecule has 3 rings (SSSR count). The van der Waals surface area contributed by atoms with Crippen LogP contribution in [0.1, 0.15) is 122 Å². The fraction of sp³-hybridized carbons (Fsp3) is 0.788. The second-order valence-electron chi connectivity index (χ2n) is 11.7. The Morgan fingerprint density at radius 2 is 1.54 bits per heavy atom. The van der Waals surface area contributed by atoms with E-state index in [4.69, 9.17) is 18.9 Å². The summed E-state index contributed by atoms with van der Waals surface area (Å²) in [6.07, 6.45) is 27.8. The number of hydrogen-bond donors (Lipinski definition) is 0. The molecule has 0 saturated heterocycles. The molecular weight excluding hydrogens is 518 g/mol. The van der Waals surface area contributed by atoms with Gasteiger partial charge in [-0.25, -0.2) is 9.48 Å². The third kappa shape index (κ3) is 11.5. The minimum atomic E-state index is -0.437. The zero-order valence-corrected chi connectivity index (χ0v) is 26.0. The van der Waals surface area contributed by atoms with Crippen molar-refractivity contribution in [2.75, 3.05) is 20.8 Å². The van der Waals surface area contributed by atoms with Crippen LogP contribution in [0.4, 0.5) is 0 Å². The first-order chi connectivity index (χ1) is 20.2. The Labute approximate surface area is 248 Å². The van der Waals surface area contributed by atoms with Crippen LogP contribution in [0.25, 0.3) is 0 Å². The van der Waals surface area contributed by atoms with Gasteiger partial charge in [-0.1, -0.05) is 115 Å². The van der Waals surface area contributed by atoms with E-state index in [0.717, 1.165) is 30.7 Å². The van der Waals surface area contributed by atoms with Crippen molar-refractivity contribution in [3.63, 3.8) is 0 Å². The molecule has 0 bridgehead atoms. The minimum Gasteiger partial charge on any atom is -0.471 e. The zero-order chi connectivity index (χ0) is 29.1. The van der Waals surface area contributed by atoms with E-state index in [-0.39, 0.29) is 17.8 Å². The predicted molar refractivity (Wildman–Crippen MR) is 161 cm³/mol. The Kier molecular flexibility index (Phi) is 16.1. The van der Waals surface area contributed by atoms with Gasteiger partial charge in [0.1, 0.15) is 5.69 Å². The summed E-state index contributed by atoms with van der Waals surface area (Å²) in [5.41, 5.74) is 2.51. The molecule has 8 heteroatoms. The first kappa shape index (κ1) is 33.3. The number of methoxy groups -OCH3 is 2. The average molecular weight is 574 g/mol. The lowest BCUT2D eigenvalue weighted by atomic mass is 9.83. The minimum absolute atomic E-state index is 0.0119. The maximum absolute atomic E-state index is 12.2. The van der Waals surface area contributed by atoms with Gasteiger partial charge in [-0.15, -0.1) is 5.10 Å². The lowest BCUT2D eigenvalue weighted by Crippen LogP contribution is -2.37. The van der Waals surface area contributed by atoms with Gasteiger partial charge in [0.2, 0.25) is 6.29 Å². The number of ether oxygens (including phenoxy) is 4. The molecule has 0 radical (unpaired) electrons. The molecule has 0 N–H and O–H groups in total. The van der Waals surface area contributed by atoms with Crippen LogP contribution in [0.5, 0.6) is 0 Å². The third-order valence-electron chi connectivity index (χ3n) is 8.49. The summed E-state index contributed by atoms with van der Waals surface area (Å²) in [6, 6.07) is 0. The van der Waals surface area contributed by atoms with E-state index in [0.29, 0.717) is 18.7 Å². The SMILES string of the molecule is CCCCCCCCCCCCCCCCCCOCc1cn(CC2=CC[C@@H]3C(C(=O)OC)=CO[C@@H](OC)[C@H]23)nn1. The molecule has 0 saturated carbocycles. The van der Waals surface area contributed by atoms with Crippen molar-refractivity contribution in [2.24, 2.45) is 11.8 Å². The molecule has 1 aromatic heterocycles. The number of rotatable bonds is 23. The summed E-state index contributed by atoms with van der Waals surface area (Å²) < 4.78 is 23.9. The number of carbonyl (C=O) groups is 1. The number of hydrogen-bond acceptors (Lipinski definition) is 7. The summed E-state index contributed by atoms with van der Waals surface area (Å²) in [6.45, 7) is 4.09. The van der Waals surface area contributed by atoms with Gasteiger partial charge in [0.15, 0.2) is 0 Å². The van der Waals surface area contributed by atoms with E-state index >= 15 is 0 Å². The molecule has 2 aliphatic rings. The van der Waals surface area contributed by atoms with Gasteiger partial charge >= 0.3 is 5.97 Å². The Bertz CT molecular complexity index is 928. The van der Waals surface area contributed by atoms with Crippen molar-refractivity contribution < 1.29 is 23.7 Å². The van der Waals surface area contributed by atoms with Gasteiger partial charge in [-0.2, -0.15) is 0 Å². The van der Waals surface area contributed by atoms with Gasteiger partial charge < -0.3 is 18.9 Å². The molecule has 0 spiro atoms. The van der Waals surface area contributed by atoms with E-state index < -0.39 is 6.29 Å². The predicted octanol–water partition coefficient (Wildman–Crippen LogP) is 7.68. The molecule has 3 atom stereocenters. The molecule has 1 aliphatic carbocycles. The molecular formula is C33H55N3O5. The fourth-order valence-corrected chi connectivity index (χ4v) is 6.10. The zero-order valence-electron chi connectivity index (χ0n) is 26.0. The standard InChI is InChI=1S/C33H55N3O5/c1-4-5-6-7-8-9-10-11-12-13-14-15-16-17-18-19-22-40-25-28-24-36(35-34-28)23-27-20-21-29-30(32(37)38-2)26-41-33(39-3)31(27)29/h20,24,26,29,31,33H,4-19,21-23,25H2,1-3H3/t29-,31-,33-/m1/s1. The second-order valence-corrected chi connectivity index (χ2v) is 11.7. The van der Waals surface area contributed by atoms with E-state index in [2.05, 4.69) is 23.3 Å². The topological polar surface area (TPSA) is 84.7 Å². The first-order valence-corrected chi connectivity index (χ1v) is 16.3. The van der Waals surface area contributed by atoms with Crippen LogP contribution in [0.2, 0.25) is 0 Å². The van der Waals surface area contributed by atoms with Crippen molar-refractivity contribution >= 4 is 5.97 Å². The van der Waals surface area contributed by atoms with E-state index in [1.54, 1.807) is 7.11 Å². The number of carbonyl (C=O) groups excluding carboxylic acids is 1. The number of fused-ring (bicyclic) bond motifs is 1. The third-order valence-corrected chi connectivity index (χ3v) is 8.49. The summed E-state index contributed by atoms with van der Waals surface area (Å²) in [4.78, 5) is 12.2.